The first kappa shape index (κ1) is 13.4. The second kappa shape index (κ2) is 5.05. The minimum Gasteiger partial charge on any atom is -0.469 e. The van der Waals surface area contributed by atoms with Crippen molar-refractivity contribution in [2.75, 3.05) is 5.73 Å². The molecule has 6 heteroatoms. The average Bonchev–Trinajstić information content (AvgIpc) is 3.05. The molecule has 0 radical (unpaired) electrons. The maximum atomic E-state index is 14.0. The van der Waals surface area contributed by atoms with Crippen LogP contribution in [0.4, 0.5) is 14.7 Å². The Hall–Kier alpha value is -2.63. The monoisotopic (exact) mass is 290 g/mol. The minimum atomic E-state index is -0.729. The van der Waals surface area contributed by atoms with Crippen LogP contribution >= 0.6 is 0 Å². The summed E-state index contributed by atoms with van der Waals surface area (Å²) in [4.78, 5) is 0. The minimum absolute atomic E-state index is 0.0289. The molecule has 21 heavy (non-hydrogen) atoms. The molecule has 108 valence electrons. The Morgan fingerprint density at radius 2 is 2.00 bits per heavy atom. The summed E-state index contributed by atoms with van der Waals surface area (Å²) < 4.78 is 37.4. The Bertz CT molecular complexity index is 793. The van der Waals surface area contributed by atoms with Gasteiger partial charge in [0.2, 0.25) is 5.88 Å². The van der Waals surface area contributed by atoms with E-state index in [0.29, 0.717) is 29.0 Å². The molecule has 0 aliphatic carbocycles. The molecular weight excluding hydrogens is 278 g/mol. The Kier molecular flexibility index (Phi) is 3.21. The normalized spacial score (nSPS) is 11.0. The third kappa shape index (κ3) is 2.18. The molecule has 1 aromatic carbocycles. The van der Waals surface area contributed by atoms with Crippen LogP contribution in [0.2, 0.25) is 0 Å². The van der Waals surface area contributed by atoms with Gasteiger partial charge >= 0.3 is 0 Å². The largest absolute Gasteiger partial charge is 0.469 e. The van der Waals surface area contributed by atoms with Crippen LogP contribution in [-0.4, -0.2) is 5.16 Å². The number of aromatic nitrogens is 1. The van der Waals surface area contributed by atoms with Crippen molar-refractivity contribution in [3.63, 3.8) is 0 Å². The summed E-state index contributed by atoms with van der Waals surface area (Å²) in [5.74, 6) is -0.732. The second-order valence-corrected chi connectivity index (χ2v) is 4.51. The first-order valence-corrected chi connectivity index (χ1v) is 6.39. The summed E-state index contributed by atoms with van der Waals surface area (Å²) >= 11 is 0. The van der Waals surface area contributed by atoms with E-state index in [1.165, 1.54) is 12.3 Å². The van der Waals surface area contributed by atoms with Crippen molar-refractivity contribution in [2.45, 2.75) is 13.3 Å². The lowest BCUT2D eigenvalue weighted by molar-refractivity contribution is 0.439. The van der Waals surface area contributed by atoms with Crippen LogP contribution in [0.1, 0.15) is 12.7 Å². The lowest BCUT2D eigenvalue weighted by atomic mass is 10.00. The molecule has 0 saturated carbocycles. The van der Waals surface area contributed by atoms with Crippen molar-refractivity contribution in [3.8, 4) is 22.4 Å². The zero-order valence-corrected chi connectivity index (χ0v) is 11.2. The first-order chi connectivity index (χ1) is 10.1. The first-order valence-electron chi connectivity index (χ1n) is 6.39. The molecule has 0 bridgehead atoms. The number of benzene rings is 1. The van der Waals surface area contributed by atoms with E-state index in [0.717, 1.165) is 12.1 Å². The number of hydrogen-bond acceptors (Lipinski definition) is 4. The van der Waals surface area contributed by atoms with Crippen LogP contribution in [-0.2, 0) is 6.42 Å². The highest BCUT2D eigenvalue weighted by molar-refractivity contribution is 5.87. The fourth-order valence-corrected chi connectivity index (χ4v) is 2.26. The molecule has 0 aliphatic heterocycles. The van der Waals surface area contributed by atoms with Gasteiger partial charge in [-0.05, 0) is 18.2 Å². The molecule has 0 aliphatic rings. The Balaban J connectivity index is 2.22. The third-order valence-corrected chi connectivity index (χ3v) is 3.24. The molecule has 2 aromatic heterocycles. The maximum absolute atomic E-state index is 14.0. The number of nitrogen functional groups attached to an aromatic ring is 1. The van der Waals surface area contributed by atoms with E-state index in [-0.39, 0.29) is 11.4 Å². The Morgan fingerprint density at radius 3 is 2.71 bits per heavy atom. The van der Waals surface area contributed by atoms with Gasteiger partial charge < -0.3 is 14.7 Å². The van der Waals surface area contributed by atoms with Crippen molar-refractivity contribution in [1.29, 1.82) is 0 Å². The summed E-state index contributed by atoms with van der Waals surface area (Å²) in [6, 6.07) is 4.97. The van der Waals surface area contributed by atoms with Gasteiger partial charge in [-0.15, -0.1) is 0 Å². The summed E-state index contributed by atoms with van der Waals surface area (Å²) in [5, 5.41) is 3.89. The third-order valence-electron chi connectivity index (χ3n) is 3.24. The molecule has 2 N–H and O–H groups in total. The molecule has 0 atom stereocenters. The number of nitrogens with zero attached hydrogens (tertiary/aromatic N) is 1. The zero-order valence-electron chi connectivity index (χ0n) is 11.2. The summed E-state index contributed by atoms with van der Waals surface area (Å²) in [6.07, 6.45) is 2.16. The van der Waals surface area contributed by atoms with Crippen molar-refractivity contribution in [2.24, 2.45) is 0 Å². The van der Waals surface area contributed by atoms with Gasteiger partial charge in [-0.3, -0.25) is 0 Å². The molecule has 0 fully saturated rings. The lowest BCUT2D eigenvalue weighted by Crippen LogP contribution is -1.92. The SMILES string of the molecule is CCc1occc1-c1noc(N)c1-c1ccc(F)cc1F. The van der Waals surface area contributed by atoms with Crippen LogP contribution < -0.4 is 5.73 Å². The fourth-order valence-electron chi connectivity index (χ4n) is 2.26. The quantitative estimate of drug-likeness (QED) is 0.791. The van der Waals surface area contributed by atoms with Gasteiger partial charge in [0, 0.05) is 23.6 Å². The van der Waals surface area contributed by atoms with E-state index >= 15 is 0 Å². The highest BCUT2D eigenvalue weighted by Crippen LogP contribution is 2.39. The van der Waals surface area contributed by atoms with Gasteiger partial charge in [-0.25, -0.2) is 8.78 Å². The average molecular weight is 290 g/mol. The number of aryl methyl sites for hydroxylation is 1. The standard InChI is InChI=1S/C15H12F2N2O2/c1-2-12-10(5-6-20-12)14-13(15(18)21-19-14)9-4-3-8(16)7-11(9)17/h3-7H,2,18H2,1H3. The van der Waals surface area contributed by atoms with Gasteiger partial charge in [0.15, 0.2) is 0 Å². The summed E-state index contributed by atoms with van der Waals surface area (Å²) in [6.45, 7) is 1.92. The molecule has 0 amide bonds. The van der Waals surface area contributed by atoms with E-state index in [9.17, 15) is 8.78 Å². The predicted molar refractivity (Wildman–Crippen MR) is 73.3 cm³/mol. The van der Waals surface area contributed by atoms with Crippen LogP contribution in [0.15, 0.2) is 39.5 Å². The molecule has 2 heterocycles. The maximum Gasteiger partial charge on any atom is 0.230 e. The predicted octanol–water partition coefficient (Wildman–Crippen LogP) is 4.02. The number of nitrogens with two attached hydrogens (primary N) is 1. The molecule has 0 saturated heterocycles. The number of halogens is 2. The highest BCUT2D eigenvalue weighted by Gasteiger charge is 2.23. The molecule has 3 aromatic rings. The van der Waals surface area contributed by atoms with E-state index in [2.05, 4.69) is 5.16 Å². The molecule has 0 spiro atoms. The number of rotatable bonds is 3. The number of anilines is 1. The number of furan rings is 1. The van der Waals surface area contributed by atoms with Gasteiger partial charge in [0.1, 0.15) is 23.1 Å². The topological polar surface area (TPSA) is 65.2 Å². The van der Waals surface area contributed by atoms with Crippen molar-refractivity contribution in [1.82, 2.24) is 5.16 Å². The Labute approximate surface area is 119 Å². The lowest BCUT2D eigenvalue weighted by Gasteiger charge is -2.04. The highest BCUT2D eigenvalue weighted by atomic mass is 19.1. The van der Waals surface area contributed by atoms with Gasteiger partial charge in [0.25, 0.3) is 0 Å². The zero-order chi connectivity index (χ0) is 15.0. The summed E-state index contributed by atoms with van der Waals surface area (Å²) in [7, 11) is 0. The summed E-state index contributed by atoms with van der Waals surface area (Å²) in [5.41, 5.74) is 7.24. The van der Waals surface area contributed by atoms with Crippen molar-refractivity contribution >= 4 is 5.88 Å². The Morgan fingerprint density at radius 1 is 1.19 bits per heavy atom. The van der Waals surface area contributed by atoms with E-state index in [4.69, 9.17) is 14.7 Å². The van der Waals surface area contributed by atoms with Gasteiger partial charge in [-0.2, -0.15) is 0 Å². The molecule has 3 rings (SSSR count). The smallest absolute Gasteiger partial charge is 0.230 e. The van der Waals surface area contributed by atoms with Crippen LogP contribution in [0.25, 0.3) is 22.4 Å². The van der Waals surface area contributed by atoms with E-state index < -0.39 is 11.6 Å². The fraction of sp³-hybridized carbons (Fsp3) is 0.133. The second-order valence-electron chi connectivity index (χ2n) is 4.51. The van der Waals surface area contributed by atoms with Crippen LogP contribution in [0.3, 0.4) is 0 Å². The van der Waals surface area contributed by atoms with E-state index in [1.54, 1.807) is 6.07 Å². The van der Waals surface area contributed by atoms with Gasteiger partial charge in [0.05, 0.1) is 11.8 Å². The van der Waals surface area contributed by atoms with E-state index in [1.807, 2.05) is 6.92 Å². The van der Waals surface area contributed by atoms with Gasteiger partial charge in [-0.1, -0.05) is 12.1 Å². The van der Waals surface area contributed by atoms with Crippen molar-refractivity contribution in [3.05, 3.63) is 47.9 Å². The van der Waals surface area contributed by atoms with Crippen LogP contribution in [0, 0.1) is 11.6 Å². The van der Waals surface area contributed by atoms with Crippen molar-refractivity contribution < 1.29 is 17.7 Å². The molecule has 4 nitrogen and oxygen atoms in total. The molecule has 0 unspecified atom stereocenters. The van der Waals surface area contributed by atoms with Crippen LogP contribution in [0.5, 0.6) is 0 Å². The number of hydrogen-bond donors (Lipinski definition) is 1. The molecular formula is C15H12F2N2O2.